The van der Waals surface area contributed by atoms with Crippen molar-refractivity contribution in [2.24, 2.45) is 5.73 Å². The number of carbonyl (C=O) groups is 2. The molecule has 21 heavy (non-hydrogen) atoms. The lowest BCUT2D eigenvalue weighted by Gasteiger charge is -2.08. The first-order chi connectivity index (χ1) is 9.82. The number of rotatable bonds is 5. The SMILES string of the molecule is Cc1c(C(N)=O)sc2nc(C)n(CCCC(=O)O)c(=O)c12. The Balaban J connectivity index is 2.53. The Bertz CT molecular complexity index is 791. The summed E-state index contributed by atoms with van der Waals surface area (Å²) in [6, 6.07) is 0. The Morgan fingerprint density at radius 1 is 1.38 bits per heavy atom. The normalized spacial score (nSPS) is 11.0. The molecule has 0 bridgehead atoms. The molecule has 0 radical (unpaired) electrons. The van der Waals surface area contributed by atoms with Gasteiger partial charge >= 0.3 is 5.97 Å². The molecule has 0 aliphatic rings. The number of amides is 1. The van der Waals surface area contributed by atoms with Gasteiger partial charge in [0, 0.05) is 13.0 Å². The van der Waals surface area contributed by atoms with Crippen LogP contribution in [0.15, 0.2) is 4.79 Å². The number of hydrogen-bond donors (Lipinski definition) is 2. The summed E-state index contributed by atoms with van der Waals surface area (Å²) in [5.74, 6) is -0.988. The van der Waals surface area contributed by atoms with E-state index >= 15 is 0 Å². The second-order valence-electron chi connectivity index (χ2n) is 4.71. The summed E-state index contributed by atoms with van der Waals surface area (Å²) in [6.45, 7) is 3.63. The topological polar surface area (TPSA) is 115 Å². The first-order valence-corrected chi connectivity index (χ1v) is 7.16. The highest BCUT2D eigenvalue weighted by atomic mass is 32.1. The van der Waals surface area contributed by atoms with Crippen LogP contribution < -0.4 is 11.3 Å². The van der Waals surface area contributed by atoms with Gasteiger partial charge in [-0.25, -0.2) is 4.98 Å². The Hall–Kier alpha value is -2.22. The molecule has 0 saturated heterocycles. The number of hydrogen-bond acceptors (Lipinski definition) is 5. The van der Waals surface area contributed by atoms with Gasteiger partial charge in [-0.3, -0.25) is 19.0 Å². The maximum Gasteiger partial charge on any atom is 0.303 e. The van der Waals surface area contributed by atoms with E-state index < -0.39 is 11.9 Å². The van der Waals surface area contributed by atoms with Crippen molar-refractivity contribution in [2.45, 2.75) is 33.2 Å². The van der Waals surface area contributed by atoms with E-state index in [0.717, 1.165) is 11.3 Å². The minimum Gasteiger partial charge on any atom is -0.481 e. The van der Waals surface area contributed by atoms with Gasteiger partial charge < -0.3 is 10.8 Å². The molecule has 0 unspecified atom stereocenters. The number of primary amides is 1. The minimum absolute atomic E-state index is 0.0148. The zero-order valence-corrected chi connectivity index (χ0v) is 12.5. The second-order valence-corrected chi connectivity index (χ2v) is 5.71. The number of aryl methyl sites for hydroxylation is 2. The van der Waals surface area contributed by atoms with Crippen molar-refractivity contribution in [1.82, 2.24) is 9.55 Å². The highest BCUT2D eigenvalue weighted by Crippen LogP contribution is 2.26. The summed E-state index contributed by atoms with van der Waals surface area (Å²) in [5.41, 5.74) is 5.56. The molecule has 0 aliphatic carbocycles. The molecule has 7 nitrogen and oxygen atoms in total. The molecule has 2 rings (SSSR count). The van der Waals surface area contributed by atoms with Gasteiger partial charge in [0.15, 0.2) is 0 Å². The Morgan fingerprint density at radius 2 is 2.05 bits per heavy atom. The van der Waals surface area contributed by atoms with Gasteiger partial charge in [-0.05, 0) is 25.8 Å². The largest absolute Gasteiger partial charge is 0.481 e. The fourth-order valence-electron chi connectivity index (χ4n) is 2.20. The van der Waals surface area contributed by atoms with Crippen molar-refractivity contribution >= 4 is 33.4 Å². The second kappa shape index (κ2) is 5.65. The average Bonchev–Trinajstić information content (AvgIpc) is 2.70. The zero-order chi connectivity index (χ0) is 15.7. The van der Waals surface area contributed by atoms with Crippen molar-refractivity contribution in [3.8, 4) is 0 Å². The first-order valence-electron chi connectivity index (χ1n) is 6.35. The number of aliphatic carboxylic acids is 1. The molecule has 2 aromatic heterocycles. The van der Waals surface area contributed by atoms with E-state index in [9.17, 15) is 14.4 Å². The molecule has 112 valence electrons. The molecule has 1 amide bonds. The standard InChI is InChI=1S/C13H15N3O4S/c1-6-9-12(21-10(6)11(14)19)15-7(2)16(13(9)20)5-3-4-8(17)18/h3-5H2,1-2H3,(H2,14,19)(H,17,18). The Kier molecular flexibility index (Phi) is 4.08. The Morgan fingerprint density at radius 3 is 2.62 bits per heavy atom. The van der Waals surface area contributed by atoms with E-state index in [1.807, 2.05) is 0 Å². The van der Waals surface area contributed by atoms with Crippen molar-refractivity contribution in [1.29, 1.82) is 0 Å². The third-order valence-corrected chi connectivity index (χ3v) is 4.44. The van der Waals surface area contributed by atoms with Crippen LogP contribution in [-0.2, 0) is 11.3 Å². The number of carboxylic acid groups (broad SMARTS) is 1. The lowest BCUT2D eigenvalue weighted by atomic mass is 10.2. The van der Waals surface area contributed by atoms with Gasteiger partial charge in [0.2, 0.25) is 0 Å². The van der Waals surface area contributed by atoms with Crippen molar-refractivity contribution in [3.05, 3.63) is 26.6 Å². The van der Waals surface area contributed by atoms with Crippen LogP contribution in [0.1, 0.15) is 33.9 Å². The number of fused-ring (bicyclic) bond motifs is 1. The van der Waals surface area contributed by atoms with Crippen LogP contribution in [0.25, 0.3) is 10.2 Å². The summed E-state index contributed by atoms with van der Waals surface area (Å²) in [5, 5.41) is 9.04. The van der Waals surface area contributed by atoms with E-state index in [1.165, 1.54) is 4.57 Å². The molecule has 0 spiro atoms. The molecular weight excluding hydrogens is 294 g/mol. The molecule has 2 heterocycles. The highest BCUT2D eigenvalue weighted by molar-refractivity contribution is 7.20. The third-order valence-electron chi connectivity index (χ3n) is 3.24. The number of nitrogens with zero attached hydrogens (tertiary/aromatic N) is 2. The van der Waals surface area contributed by atoms with Gasteiger partial charge in [0.1, 0.15) is 10.7 Å². The van der Waals surface area contributed by atoms with E-state index in [4.69, 9.17) is 10.8 Å². The quantitative estimate of drug-likeness (QED) is 0.856. The number of nitrogens with two attached hydrogens (primary N) is 1. The molecule has 0 aliphatic heterocycles. The molecule has 0 aromatic carbocycles. The first kappa shape index (κ1) is 15.2. The third kappa shape index (κ3) is 2.80. The molecule has 0 saturated carbocycles. The van der Waals surface area contributed by atoms with Crippen LogP contribution in [0, 0.1) is 13.8 Å². The zero-order valence-electron chi connectivity index (χ0n) is 11.7. The van der Waals surface area contributed by atoms with E-state index in [-0.39, 0.29) is 18.5 Å². The molecule has 8 heteroatoms. The molecular formula is C13H15N3O4S. The number of aromatic nitrogens is 2. The lowest BCUT2D eigenvalue weighted by Crippen LogP contribution is -2.24. The summed E-state index contributed by atoms with van der Waals surface area (Å²) >= 11 is 1.10. The minimum atomic E-state index is -0.905. The van der Waals surface area contributed by atoms with Crippen molar-refractivity contribution in [2.75, 3.05) is 0 Å². The fraction of sp³-hybridized carbons (Fsp3) is 0.385. The fourth-order valence-corrected chi connectivity index (χ4v) is 3.27. The molecule has 2 aromatic rings. The van der Waals surface area contributed by atoms with Crippen LogP contribution in [0.3, 0.4) is 0 Å². The van der Waals surface area contributed by atoms with Crippen LogP contribution in [-0.4, -0.2) is 26.5 Å². The predicted octanol–water partition coefficient (Wildman–Crippen LogP) is 1.04. The summed E-state index contributed by atoms with van der Waals surface area (Å²) < 4.78 is 1.44. The highest BCUT2D eigenvalue weighted by Gasteiger charge is 2.18. The summed E-state index contributed by atoms with van der Waals surface area (Å²) in [7, 11) is 0. The molecule has 0 atom stereocenters. The molecule has 0 fully saturated rings. The van der Waals surface area contributed by atoms with Gasteiger partial charge in [-0.1, -0.05) is 0 Å². The number of thiophene rings is 1. The number of carboxylic acids is 1. The van der Waals surface area contributed by atoms with E-state index in [2.05, 4.69) is 4.98 Å². The summed E-state index contributed by atoms with van der Waals surface area (Å²) in [6.07, 6.45) is 0.328. The Labute approximate surface area is 124 Å². The van der Waals surface area contributed by atoms with E-state index in [1.54, 1.807) is 13.8 Å². The average molecular weight is 309 g/mol. The monoisotopic (exact) mass is 309 g/mol. The number of carbonyl (C=O) groups excluding carboxylic acids is 1. The maximum absolute atomic E-state index is 12.5. The van der Waals surface area contributed by atoms with Crippen LogP contribution in [0.5, 0.6) is 0 Å². The van der Waals surface area contributed by atoms with Gasteiger partial charge in [-0.2, -0.15) is 0 Å². The molecule has 3 N–H and O–H groups in total. The van der Waals surface area contributed by atoms with Gasteiger partial charge in [0.05, 0.1) is 10.3 Å². The van der Waals surface area contributed by atoms with E-state index in [0.29, 0.717) is 32.9 Å². The predicted molar refractivity (Wildman–Crippen MR) is 78.7 cm³/mol. The van der Waals surface area contributed by atoms with Crippen molar-refractivity contribution < 1.29 is 14.7 Å². The van der Waals surface area contributed by atoms with Crippen LogP contribution in [0.4, 0.5) is 0 Å². The smallest absolute Gasteiger partial charge is 0.303 e. The van der Waals surface area contributed by atoms with Crippen LogP contribution in [0.2, 0.25) is 0 Å². The lowest BCUT2D eigenvalue weighted by molar-refractivity contribution is -0.137. The maximum atomic E-state index is 12.5. The van der Waals surface area contributed by atoms with Crippen LogP contribution >= 0.6 is 11.3 Å². The van der Waals surface area contributed by atoms with Gasteiger partial charge in [-0.15, -0.1) is 11.3 Å². The summed E-state index contributed by atoms with van der Waals surface area (Å²) in [4.78, 5) is 39.6. The van der Waals surface area contributed by atoms with Gasteiger partial charge in [0.25, 0.3) is 11.5 Å². The van der Waals surface area contributed by atoms with Crippen molar-refractivity contribution in [3.63, 3.8) is 0 Å².